The Balaban J connectivity index is 3.33. The van der Waals surface area contributed by atoms with E-state index in [0.717, 1.165) is 12.1 Å². The van der Waals surface area contributed by atoms with E-state index >= 15 is 0 Å². The molecule has 0 aliphatic rings. The smallest absolute Gasteiger partial charge is 0.420 e. The van der Waals surface area contributed by atoms with Gasteiger partial charge in [0.25, 0.3) is 0 Å². The first kappa shape index (κ1) is 13.5. The first-order valence-electron chi connectivity index (χ1n) is 4.44. The number of alkyl halides is 3. The van der Waals surface area contributed by atoms with E-state index in [-0.39, 0.29) is 3.57 Å². The summed E-state index contributed by atoms with van der Waals surface area (Å²) in [4.78, 5) is 0. The van der Waals surface area contributed by atoms with Gasteiger partial charge >= 0.3 is 6.18 Å². The molecule has 90 valence electrons. The lowest BCUT2D eigenvalue weighted by Gasteiger charge is -2.17. The monoisotopic (exact) mass is 348 g/mol. The van der Waals surface area contributed by atoms with Crippen LogP contribution in [0.1, 0.15) is 19.4 Å². The number of hydrogen-bond donors (Lipinski definition) is 0. The van der Waals surface area contributed by atoms with Crippen LogP contribution < -0.4 is 4.74 Å². The zero-order chi connectivity index (χ0) is 12.5. The van der Waals surface area contributed by atoms with Crippen LogP contribution in [0, 0.1) is 9.39 Å². The van der Waals surface area contributed by atoms with Gasteiger partial charge in [0.2, 0.25) is 0 Å². The summed E-state index contributed by atoms with van der Waals surface area (Å²) in [5.41, 5.74) is -1.08. The summed E-state index contributed by atoms with van der Waals surface area (Å²) < 4.78 is 56.2. The van der Waals surface area contributed by atoms with Gasteiger partial charge in [0.1, 0.15) is 5.56 Å². The first-order chi connectivity index (χ1) is 7.21. The van der Waals surface area contributed by atoms with Crippen LogP contribution >= 0.6 is 22.6 Å². The number of benzene rings is 1. The highest BCUT2D eigenvalue weighted by Gasteiger charge is 2.36. The highest BCUT2D eigenvalue weighted by atomic mass is 127. The lowest BCUT2D eigenvalue weighted by atomic mass is 10.2. The molecule has 1 aromatic carbocycles. The third-order valence-corrected chi connectivity index (χ3v) is 2.29. The van der Waals surface area contributed by atoms with E-state index in [0.29, 0.717) is 0 Å². The molecule has 1 aromatic rings. The molecule has 0 fully saturated rings. The van der Waals surface area contributed by atoms with Gasteiger partial charge in [-0.05, 0) is 48.6 Å². The van der Waals surface area contributed by atoms with Crippen LogP contribution in [0.3, 0.4) is 0 Å². The lowest BCUT2D eigenvalue weighted by Crippen LogP contribution is -2.14. The van der Waals surface area contributed by atoms with Gasteiger partial charge in [0, 0.05) is 3.57 Å². The standard InChI is InChI=1S/C10H9F4IO/c1-5(2)16-9-7(10(12,13)14)3-6(15)4-8(9)11/h3-5H,1-2H3. The topological polar surface area (TPSA) is 9.23 Å². The quantitative estimate of drug-likeness (QED) is 0.574. The molecule has 0 amide bonds. The molecule has 6 heteroatoms. The molecule has 0 saturated heterocycles. The normalized spacial score (nSPS) is 12.0. The molecular formula is C10H9F4IO. The second-order valence-corrected chi connectivity index (χ2v) is 4.67. The maximum atomic E-state index is 13.4. The minimum atomic E-state index is -4.62. The summed E-state index contributed by atoms with van der Waals surface area (Å²) in [6.07, 6.45) is -5.14. The summed E-state index contributed by atoms with van der Waals surface area (Å²) in [6.45, 7) is 3.08. The van der Waals surface area contributed by atoms with Gasteiger partial charge in [-0.25, -0.2) is 4.39 Å². The average Bonchev–Trinajstić information content (AvgIpc) is 2.06. The van der Waals surface area contributed by atoms with E-state index in [4.69, 9.17) is 4.74 Å². The summed E-state index contributed by atoms with van der Waals surface area (Å²) in [6, 6.07) is 1.87. The van der Waals surface area contributed by atoms with Crippen molar-refractivity contribution in [1.29, 1.82) is 0 Å². The van der Waals surface area contributed by atoms with Crippen LogP contribution in [0.4, 0.5) is 17.6 Å². The molecule has 0 aliphatic heterocycles. The van der Waals surface area contributed by atoms with Gasteiger partial charge in [-0.3, -0.25) is 0 Å². The third-order valence-electron chi connectivity index (χ3n) is 1.67. The largest absolute Gasteiger partial charge is 0.487 e. The summed E-state index contributed by atoms with van der Waals surface area (Å²) in [7, 11) is 0. The van der Waals surface area contributed by atoms with Crippen LogP contribution in [0.15, 0.2) is 12.1 Å². The Labute approximate surface area is 104 Å². The van der Waals surface area contributed by atoms with Crippen LogP contribution in [0.5, 0.6) is 5.75 Å². The van der Waals surface area contributed by atoms with Crippen LogP contribution in [-0.2, 0) is 6.18 Å². The summed E-state index contributed by atoms with van der Waals surface area (Å²) >= 11 is 1.63. The van der Waals surface area contributed by atoms with Crippen molar-refractivity contribution in [3.8, 4) is 5.75 Å². The fourth-order valence-electron chi connectivity index (χ4n) is 1.13. The highest BCUT2D eigenvalue weighted by molar-refractivity contribution is 14.1. The van der Waals surface area contributed by atoms with E-state index in [9.17, 15) is 17.6 Å². The average molecular weight is 348 g/mol. The zero-order valence-corrected chi connectivity index (χ0v) is 10.7. The van der Waals surface area contributed by atoms with E-state index in [1.807, 2.05) is 0 Å². The second-order valence-electron chi connectivity index (χ2n) is 3.43. The Morgan fingerprint density at radius 1 is 1.25 bits per heavy atom. The van der Waals surface area contributed by atoms with Crippen molar-refractivity contribution >= 4 is 22.6 Å². The summed E-state index contributed by atoms with van der Waals surface area (Å²) in [5, 5.41) is 0. The van der Waals surface area contributed by atoms with Crippen molar-refractivity contribution < 1.29 is 22.3 Å². The molecule has 0 aliphatic carbocycles. The molecule has 0 bridgehead atoms. The molecule has 1 rings (SSSR count). The Kier molecular flexibility index (Phi) is 4.03. The Morgan fingerprint density at radius 2 is 1.81 bits per heavy atom. The molecule has 0 heterocycles. The van der Waals surface area contributed by atoms with Crippen molar-refractivity contribution in [3.05, 3.63) is 27.1 Å². The van der Waals surface area contributed by atoms with E-state index in [1.165, 1.54) is 13.8 Å². The maximum absolute atomic E-state index is 13.4. The van der Waals surface area contributed by atoms with Gasteiger partial charge < -0.3 is 4.74 Å². The number of halogens is 5. The first-order valence-corrected chi connectivity index (χ1v) is 5.52. The fourth-order valence-corrected chi connectivity index (χ4v) is 1.71. The van der Waals surface area contributed by atoms with Gasteiger partial charge in [-0.15, -0.1) is 0 Å². The van der Waals surface area contributed by atoms with Gasteiger partial charge in [0.05, 0.1) is 6.10 Å². The molecular weight excluding hydrogens is 339 g/mol. The minimum absolute atomic E-state index is 0.179. The predicted octanol–water partition coefficient (Wildman–Crippen LogP) is 4.24. The Bertz CT molecular complexity index is 387. The Hall–Kier alpha value is -0.530. The van der Waals surface area contributed by atoms with Crippen LogP contribution in [0.2, 0.25) is 0 Å². The number of ether oxygens (including phenoxy) is 1. The van der Waals surface area contributed by atoms with Crippen molar-refractivity contribution in [2.45, 2.75) is 26.1 Å². The molecule has 0 N–H and O–H groups in total. The zero-order valence-electron chi connectivity index (χ0n) is 8.53. The molecule has 0 unspecified atom stereocenters. The lowest BCUT2D eigenvalue weighted by molar-refractivity contribution is -0.139. The molecule has 0 atom stereocenters. The minimum Gasteiger partial charge on any atom is -0.487 e. The molecule has 0 aromatic heterocycles. The SMILES string of the molecule is CC(C)Oc1c(F)cc(I)cc1C(F)(F)F. The molecule has 0 spiro atoms. The van der Waals surface area contributed by atoms with Crippen molar-refractivity contribution in [2.24, 2.45) is 0 Å². The van der Waals surface area contributed by atoms with Crippen molar-refractivity contribution in [2.75, 3.05) is 0 Å². The molecule has 16 heavy (non-hydrogen) atoms. The second kappa shape index (κ2) is 4.77. The van der Waals surface area contributed by atoms with E-state index in [2.05, 4.69) is 0 Å². The van der Waals surface area contributed by atoms with E-state index in [1.54, 1.807) is 22.6 Å². The number of rotatable bonds is 2. The van der Waals surface area contributed by atoms with Crippen LogP contribution in [-0.4, -0.2) is 6.10 Å². The van der Waals surface area contributed by atoms with Crippen molar-refractivity contribution in [1.82, 2.24) is 0 Å². The molecule has 0 saturated carbocycles. The Morgan fingerprint density at radius 3 is 2.25 bits per heavy atom. The number of hydrogen-bond acceptors (Lipinski definition) is 1. The predicted molar refractivity (Wildman–Crippen MR) is 59.9 cm³/mol. The summed E-state index contributed by atoms with van der Waals surface area (Å²) in [5.74, 6) is -1.73. The molecule has 1 nitrogen and oxygen atoms in total. The van der Waals surface area contributed by atoms with Gasteiger partial charge in [-0.1, -0.05) is 0 Å². The van der Waals surface area contributed by atoms with E-state index < -0.39 is 29.4 Å². The maximum Gasteiger partial charge on any atom is 0.420 e. The van der Waals surface area contributed by atoms with Gasteiger partial charge in [0.15, 0.2) is 11.6 Å². The highest BCUT2D eigenvalue weighted by Crippen LogP contribution is 2.39. The van der Waals surface area contributed by atoms with Gasteiger partial charge in [-0.2, -0.15) is 13.2 Å². The van der Waals surface area contributed by atoms with Crippen molar-refractivity contribution in [3.63, 3.8) is 0 Å². The third kappa shape index (κ3) is 3.23. The van der Waals surface area contributed by atoms with Crippen LogP contribution in [0.25, 0.3) is 0 Å². The molecule has 0 radical (unpaired) electrons. The fraction of sp³-hybridized carbons (Fsp3) is 0.400.